The maximum Gasteiger partial charge on any atom is 0.410 e. The first-order valence-corrected chi connectivity index (χ1v) is 9.18. The van der Waals surface area contributed by atoms with Gasteiger partial charge in [-0.05, 0) is 55.6 Å². The summed E-state index contributed by atoms with van der Waals surface area (Å²) in [6, 6.07) is 8.12. The smallest absolute Gasteiger partial charge is 0.410 e. The van der Waals surface area contributed by atoms with Crippen molar-refractivity contribution in [1.29, 1.82) is 0 Å². The molecule has 27 heavy (non-hydrogen) atoms. The van der Waals surface area contributed by atoms with Crippen LogP contribution in [-0.4, -0.2) is 31.1 Å². The molecule has 140 valence electrons. The summed E-state index contributed by atoms with van der Waals surface area (Å²) in [4.78, 5) is 22.8. The number of hydrogen-bond donors (Lipinski definition) is 0. The number of ether oxygens (including phenoxy) is 1. The van der Waals surface area contributed by atoms with Crippen molar-refractivity contribution in [3.8, 4) is 11.3 Å². The van der Waals surface area contributed by atoms with E-state index in [1.807, 2.05) is 56.8 Å². The first-order chi connectivity index (χ1) is 12.7. The van der Waals surface area contributed by atoms with E-state index in [4.69, 9.17) is 16.3 Å². The topological polar surface area (TPSA) is 60.2 Å². The second-order valence-corrected chi connectivity index (χ2v) is 8.16. The molecular formula is C20H21ClN4O2. The third kappa shape index (κ3) is 3.37. The molecule has 3 aromatic rings. The van der Waals surface area contributed by atoms with Gasteiger partial charge in [-0.25, -0.2) is 9.78 Å². The van der Waals surface area contributed by atoms with Crippen LogP contribution in [-0.2, 0) is 24.9 Å². The molecule has 0 N–H and O–H groups in total. The molecule has 0 saturated carbocycles. The van der Waals surface area contributed by atoms with E-state index in [1.165, 1.54) is 0 Å². The highest BCUT2D eigenvalue weighted by Crippen LogP contribution is 2.32. The van der Waals surface area contributed by atoms with Crippen molar-refractivity contribution in [2.24, 2.45) is 7.05 Å². The van der Waals surface area contributed by atoms with Crippen molar-refractivity contribution in [3.63, 3.8) is 0 Å². The summed E-state index contributed by atoms with van der Waals surface area (Å²) in [5.74, 6) is 0. The van der Waals surface area contributed by atoms with Gasteiger partial charge in [-0.3, -0.25) is 4.90 Å². The third-order valence-electron chi connectivity index (χ3n) is 4.55. The zero-order chi connectivity index (χ0) is 19.3. The summed E-state index contributed by atoms with van der Waals surface area (Å²) < 4.78 is 7.41. The number of fused-ring (bicyclic) bond motifs is 2. The fourth-order valence-corrected chi connectivity index (χ4v) is 3.49. The lowest BCUT2D eigenvalue weighted by molar-refractivity contribution is 0.0242. The van der Waals surface area contributed by atoms with Gasteiger partial charge in [0.15, 0.2) is 0 Å². The fraction of sp³-hybridized carbons (Fsp3) is 0.350. The van der Waals surface area contributed by atoms with Crippen molar-refractivity contribution in [2.45, 2.75) is 39.5 Å². The maximum absolute atomic E-state index is 12.4. The Bertz CT molecular complexity index is 1050. The van der Waals surface area contributed by atoms with Crippen LogP contribution in [0.2, 0.25) is 5.28 Å². The summed E-state index contributed by atoms with van der Waals surface area (Å²) in [5.41, 5.74) is 4.25. The quantitative estimate of drug-likeness (QED) is 0.578. The lowest BCUT2D eigenvalue weighted by Gasteiger charge is -2.24. The number of aromatic nitrogens is 3. The molecule has 4 rings (SSSR count). The van der Waals surface area contributed by atoms with Gasteiger partial charge in [0.05, 0.1) is 5.69 Å². The highest BCUT2D eigenvalue weighted by molar-refractivity contribution is 6.28. The number of aryl methyl sites for hydroxylation is 1. The third-order valence-corrected chi connectivity index (χ3v) is 4.72. The predicted octanol–water partition coefficient (Wildman–Crippen LogP) is 4.54. The molecule has 0 atom stereocenters. The van der Waals surface area contributed by atoms with E-state index in [-0.39, 0.29) is 11.4 Å². The molecule has 1 aromatic carbocycles. The number of carbonyl (C=O) groups excluding carboxylic acids is 1. The van der Waals surface area contributed by atoms with Crippen molar-refractivity contribution in [2.75, 3.05) is 0 Å². The molecule has 2 aromatic heterocycles. The minimum Gasteiger partial charge on any atom is -0.444 e. The van der Waals surface area contributed by atoms with E-state index in [1.54, 1.807) is 4.90 Å². The molecule has 3 heterocycles. The molecule has 1 amide bonds. The summed E-state index contributed by atoms with van der Waals surface area (Å²) >= 11 is 6.14. The number of hydrogen-bond acceptors (Lipinski definition) is 4. The van der Waals surface area contributed by atoms with Crippen molar-refractivity contribution in [1.82, 2.24) is 19.4 Å². The van der Waals surface area contributed by atoms with Crippen LogP contribution in [0.1, 0.15) is 31.9 Å². The SMILES string of the molecule is Cn1ccc2c(-c3ccc4c(c3)CN(C(=O)OC(C)(C)C)C4)nc(Cl)nc21. The van der Waals surface area contributed by atoms with E-state index < -0.39 is 5.60 Å². The first-order valence-electron chi connectivity index (χ1n) is 8.80. The largest absolute Gasteiger partial charge is 0.444 e. The molecular weight excluding hydrogens is 364 g/mol. The van der Waals surface area contributed by atoms with Crippen molar-refractivity contribution >= 4 is 28.7 Å². The fourth-order valence-electron chi connectivity index (χ4n) is 3.33. The highest BCUT2D eigenvalue weighted by atomic mass is 35.5. The Morgan fingerprint density at radius 2 is 1.89 bits per heavy atom. The van der Waals surface area contributed by atoms with Gasteiger partial charge >= 0.3 is 6.09 Å². The number of halogens is 1. The number of rotatable bonds is 1. The lowest BCUT2D eigenvalue weighted by atomic mass is 10.0. The summed E-state index contributed by atoms with van der Waals surface area (Å²) in [7, 11) is 1.93. The zero-order valence-electron chi connectivity index (χ0n) is 15.8. The normalized spacial score (nSPS) is 13.9. The summed E-state index contributed by atoms with van der Waals surface area (Å²) in [6.45, 7) is 6.69. The van der Waals surface area contributed by atoms with Crippen LogP contribution < -0.4 is 0 Å². The minimum absolute atomic E-state index is 0.218. The number of amides is 1. The summed E-state index contributed by atoms with van der Waals surface area (Å²) in [5, 5.41) is 1.17. The second-order valence-electron chi connectivity index (χ2n) is 7.83. The van der Waals surface area contributed by atoms with E-state index in [0.717, 1.165) is 33.4 Å². The molecule has 1 aliphatic rings. The van der Waals surface area contributed by atoms with Gasteiger partial charge in [0.1, 0.15) is 11.2 Å². The molecule has 6 nitrogen and oxygen atoms in total. The van der Waals surface area contributed by atoms with Crippen molar-refractivity contribution < 1.29 is 9.53 Å². The average Bonchev–Trinajstić information content (AvgIpc) is 3.16. The minimum atomic E-state index is -0.506. The maximum atomic E-state index is 12.4. The van der Waals surface area contributed by atoms with Crippen LogP contribution >= 0.6 is 11.6 Å². The molecule has 0 aliphatic carbocycles. The average molecular weight is 385 g/mol. The van der Waals surface area contributed by atoms with Gasteiger partial charge < -0.3 is 9.30 Å². The molecule has 0 spiro atoms. The Hall–Kier alpha value is -2.60. The van der Waals surface area contributed by atoms with Crippen molar-refractivity contribution in [3.05, 3.63) is 46.9 Å². The van der Waals surface area contributed by atoms with Crippen LogP contribution in [0.25, 0.3) is 22.3 Å². The molecule has 0 fully saturated rings. The predicted molar refractivity (Wildman–Crippen MR) is 104 cm³/mol. The van der Waals surface area contributed by atoms with Crippen LogP contribution in [0.3, 0.4) is 0 Å². The van der Waals surface area contributed by atoms with Gasteiger partial charge in [-0.1, -0.05) is 12.1 Å². The number of carbonyl (C=O) groups is 1. The van der Waals surface area contributed by atoms with Gasteiger partial charge in [-0.15, -0.1) is 0 Å². The Kier molecular flexibility index (Phi) is 4.11. The summed E-state index contributed by atoms with van der Waals surface area (Å²) in [6.07, 6.45) is 1.65. The molecule has 0 unspecified atom stereocenters. The Morgan fingerprint density at radius 1 is 1.15 bits per heavy atom. The van der Waals surface area contributed by atoms with Gasteiger partial charge in [-0.2, -0.15) is 4.98 Å². The van der Waals surface area contributed by atoms with E-state index in [2.05, 4.69) is 16.0 Å². The first kappa shape index (κ1) is 17.8. The number of nitrogens with zero attached hydrogens (tertiary/aromatic N) is 4. The second kappa shape index (κ2) is 6.23. The van der Waals surface area contributed by atoms with Gasteiger partial charge in [0, 0.05) is 37.3 Å². The Balaban J connectivity index is 1.67. The zero-order valence-corrected chi connectivity index (χ0v) is 16.5. The van der Waals surface area contributed by atoms with Crippen LogP contribution in [0, 0.1) is 0 Å². The highest BCUT2D eigenvalue weighted by Gasteiger charge is 2.28. The van der Waals surface area contributed by atoms with Crippen LogP contribution in [0.15, 0.2) is 30.5 Å². The van der Waals surface area contributed by atoms with E-state index in [9.17, 15) is 4.79 Å². The Labute approximate surface area is 162 Å². The lowest BCUT2D eigenvalue weighted by Crippen LogP contribution is -2.33. The Morgan fingerprint density at radius 3 is 2.63 bits per heavy atom. The van der Waals surface area contributed by atoms with E-state index >= 15 is 0 Å². The molecule has 0 bridgehead atoms. The van der Waals surface area contributed by atoms with Gasteiger partial charge in [0.2, 0.25) is 5.28 Å². The van der Waals surface area contributed by atoms with Gasteiger partial charge in [0.25, 0.3) is 0 Å². The molecule has 7 heteroatoms. The molecule has 0 radical (unpaired) electrons. The number of benzene rings is 1. The van der Waals surface area contributed by atoms with E-state index in [0.29, 0.717) is 13.1 Å². The van der Waals surface area contributed by atoms with Crippen LogP contribution in [0.5, 0.6) is 0 Å². The monoisotopic (exact) mass is 384 g/mol. The standard InChI is InChI=1S/C20H21ClN4O2/c1-20(2,3)27-19(26)25-10-13-6-5-12(9-14(13)11-25)16-15-7-8-24(4)17(15)23-18(21)22-16/h5-9H,10-11H2,1-4H3. The molecule has 0 saturated heterocycles. The van der Waals surface area contributed by atoms with Crippen LogP contribution in [0.4, 0.5) is 4.79 Å². The molecule has 1 aliphatic heterocycles.